The van der Waals surface area contributed by atoms with E-state index < -0.39 is 10.1 Å². The smallest absolute Gasteiger partial charge is 0.240 e. The van der Waals surface area contributed by atoms with E-state index in [9.17, 15) is 9.18 Å². The molecule has 0 atom stereocenters. The Bertz CT molecular complexity index is 415. The van der Waals surface area contributed by atoms with Crippen molar-refractivity contribution in [1.29, 1.82) is 0 Å². The minimum absolute atomic E-state index is 0.184. The molecule has 0 radical (unpaired) electrons. The van der Waals surface area contributed by atoms with Gasteiger partial charge in [-0.2, -0.15) is 0 Å². The summed E-state index contributed by atoms with van der Waals surface area (Å²) in [6.07, 6.45) is 0. The number of hydrogen-bond donors (Lipinski definition) is 1. The lowest BCUT2D eigenvalue weighted by Gasteiger charge is -2.16. The van der Waals surface area contributed by atoms with Crippen LogP contribution in [0.3, 0.4) is 0 Å². The third kappa shape index (κ3) is 4.00. The molecule has 0 saturated carbocycles. The Morgan fingerprint density at radius 2 is 2.18 bits per heavy atom. The van der Waals surface area contributed by atoms with Crippen molar-refractivity contribution in [3.05, 3.63) is 24.0 Å². The van der Waals surface area contributed by atoms with Crippen molar-refractivity contribution in [2.75, 3.05) is 11.9 Å². The molecule has 94 valence electrons. The Morgan fingerprint density at radius 3 is 2.65 bits per heavy atom. The molecule has 1 N–H and O–H groups in total. The summed E-state index contributed by atoms with van der Waals surface area (Å²) in [4.78, 5) is 11.6. The lowest BCUT2D eigenvalue weighted by molar-refractivity contribution is -0.117. The van der Waals surface area contributed by atoms with Gasteiger partial charge in [-0.15, -0.1) is 0 Å². The fraction of sp³-hybridized carbons (Fsp3) is 0.417. The van der Waals surface area contributed by atoms with Crippen LogP contribution in [0, 0.1) is 5.82 Å². The molecular formula is C12H15BrFNO2. The molecule has 1 rings (SSSR count). The second-order valence-corrected chi connectivity index (χ2v) is 5.99. The number of amides is 1. The maximum atomic E-state index is 13.5. The largest absolute Gasteiger partial charge is 0.491 e. The number of alkyl halides is 1. The minimum atomic E-state index is -0.692. The van der Waals surface area contributed by atoms with Crippen LogP contribution in [0.4, 0.5) is 10.1 Å². The predicted molar refractivity (Wildman–Crippen MR) is 69.2 cm³/mol. The number of anilines is 1. The average Bonchev–Trinajstić information content (AvgIpc) is 2.21. The molecule has 0 heterocycles. The van der Waals surface area contributed by atoms with Gasteiger partial charge in [0.15, 0.2) is 11.6 Å². The Morgan fingerprint density at radius 1 is 1.53 bits per heavy atom. The zero-order valence-electron chi connectivity index (χ0n) is 10.0. The summed E-state index contributed by atoms with van der Waals surface area (Å²) in [6, 6.07) is 4.34. The monoisotopic (exact) mass is 303 g/mol. The summed E-state index contributed by atoms with van der Waals surface area (Å²) in [6.45, 7) is 5.61. The summed E-state index contributed by atoms with van der Waals surface area (Å²) in [5.41, 5.74) is 0.406. The highest BCUT2D eigenvalue weighted by molar-refractivity contribution is 9.10. The topological polar surface area (TPSA) is 38.3 Å². The number of nitrogens with one attached hydrogen (secondary N) is 1. The Kier molecular flexibility index (Phi) is 4.51. The molecule has 0 bridgehead atoms. The maximum Gasteiger partial charge on any atom is 0.240 e. The molecule has 1 amide bonds. The van der Waals surface area contributed by atoms with Crippen molar-refractivity contribution in [3.8, 4) is 5.75 Å². The van der Waals surface area contributed by atoms with Gasteiger partial charge in [0.1, 0.15) is 0 Å². The molecule has 0 aliphatic rings. The summed E-state index contributed by atoms with van der Waals surface area (Å²) < 4.78 is 17.9. The van der Waals surface area contributed by atoms with Crippen LogP contribution in [0.5, 0.6) is 5.75 Å². The van der Waals surface area contributed by atoms with Gasteiger partial charge in [0.2, 0.25) is 5.91 Å². The summed E-state index contributed by atoms with van der Waals surface area (Å²) in [5.74, 6) is -0.540. The van der Waals surface area contributed by atoms with E-state index in [-0.39, 0.29) is 11.7 Å². The van der Waals surface area contributed by atoms with E-state index in [0.29, 0.717) is 12.3 Å². The molecule has 3 nitrogen and oxygen atoms in total. The number of benzene rings is 1. The molecule has 0 saturated heterocycles. The lowest BCUT2D eigenvalue weighted by Crippen LogP contribution is -2.30. The molecular weight excluding hydrogens is 289 g/mol. The number of rotatable bonds is 4. The molecule has 17 heavy (non-hydrogen) atoms. The molecule has 0 aromatic heterocycles. The van der Waals surface area contributed by atoms with Gasteiger partial charge in [-0.3, -0.25) is 4.79 Å². The minimum Gasteiger partial charge on any atom is -0.491 e. The summed E-state index contributed by atoms with van der Waals surface area (Å²) in [5, 5.41) is 2.61. The molecule has 0 aliphatic carbocycles. The first-order chi connectivity index (χ1) is 7.84. The van der Waals surface area contributed by atoms with Crippen LogP contribution >= 0.6 is 15.9 Å². The quantitative estimate of drug-likeness (QED) is 0.866. The SMILES string of the molecule is CCOc1ccc(NC(=O)C(C)(C)Br)cc1F. The van der Waals surface area contributed by atoms with Crippen LogP contribution in [0.2, 0.25) is 0 Å². The number of ether oxygens (including phenoxy) is 1. The van der Waals surface area contributed by atoms with Gasteiger partial charge in [0.25, 0.3) is 0 Å². The van der Waals surface area contributed by atoms with Gasteiger partial charge in [-0.1, -0.05) is 15.9 Å². The fourth-order valence-corrected chi connectivity index (χ4v) is 1.23. The number of hydrogen-bond acceptors (Lipinski definition) is 2. The second kappa shape index (κ2) is 5.49. The third-order valence-corrected chi connectivity index (χ3v) is 2.39. The highest BCUT2D eigenvalue weighted by Crippen LogP contribution is 2.23. The number of halogens is 2. The summed E-state index contributed by atoms with van der Waals surface area (Å²) >= 11 is 3.23. The average molecular weight is 304 g/mol. The van der Waals surface area contributed by atoms with E-state index in [0.717, 1.165) is 0 Å². The van der Waals surface area contributed by atoms with Crippen molar-refractivity contribution in [2.45, 2.75) is 25.1 Å². The second-order valence-electron chi connectivity index (χ2n) is 4.00. The van der Waals surface area contributed by atoms with Gasteiger partial charge >= 0.3 is 0 Å². The van der Waals surface area contributed by atoms with Crippen LogP contribution in [0.15, 0.2) is 18.2 Å². The van der Waals surface area contributed by atoms with Gasteiger partial charge in [-0.25, -0.2) is 4.39 Å². The Hall–Kier alpha value is -1.10. The third-order valence-electron chi connectivity index (χ3n) is 2.03. The molecule has 5 heteroatoms. The van der Waals surface area contributed by atoms with Crippen molar-refractivity contribution < 1.29 is 13.9 Å². The maximum absolute atomic E-state index is 13.5. The van der Waals surface area contributed by atoms with Gasteiger partial charge in [0.05, 0.1) is 10.9 Å². The van der Waals surface area contributed by atoms with Crippen molar-refractivity contribution >= 4 is 27.5 Å². The molecule has 1 aromatic carbocycles. The number of carbonyl (C=O) groups is 1. The van der Waals surface area contributed by atoms with Crippen LogP contribution in [-0.2, 0) is 4.79 Å². The summed E-state index contributed by atoms with van der Waals surface area (Å²) in [7, 11) is 0. The van der Waals surface area contributed by atoms with E-state index in [1.165, 1.54) is 12.1 Å². The predicted octanol–water partition coefficient (Wildman–Crippen LogP) is 3.34. The van der Waals surface area contributed by atoms with E-state index in [1.807, 2.05) is 0 Å². The molecule has 0 spiro atoms. The van der Waals surface area contributed by atoms with E-state index in [4.69, 9.17) is 4.74 Å². The molecule has 1 aromatic rings. The van der Waals surface area contributed by atoms with Gasteiger partial charge in [0, 0.05) is 11.8 Å². The van der Waals surface area contributed by atoms with Crippen LogP contribution in [0.25, 0.3) is 0 Å². The Labute approximate surface area is 108 Å². The van der Waals surface area contributed by atoms with Crippen molar-refractivity contribution in [1.82, 2.24) is 0 Å². The number of carbonyl (C=O) groups excluding carboxylic acids is 1. The zero-order valence-corrected chi connectivity index (χ0v) is 11.6. The van der Waals surface area contributed by atoms with Gasteiger partial charge in [-0.05, 0) is 32.9 Å². The van der Waals surface area contributed by atoms with Crippen molar-refractivity contribution in [3.63, 3.8) is 0 Å². The Balaban J connectivity index is 2.81. The highest BCUT2D eigenvalue weighted by atomic mass is 79.9. The van der Waals surface area contributed by atoms with E-state index >= 15 is 0 Å². The molecule has 0 fully saturated rings. The van der Waals surface area contributed by atoms with Crippen LogP contribution < -0.4 is 10.1 Å². The fourth-order valence-electron chi connectivity index (χ4n) is 1.13. The lowest BCUT2D eigenvalue weighted by atomic mass is 10.2. The van der Waals surface area contributed by atoms with Crippen LogP contribution in [0.1, 0.15) is 20.8 Å². The first-order valence-electron chi connectivity index (χ1n) is 5.27. The zero-order chi connectivity index (χ0) is 13.1. The van der Waals surface area contributed by atoms with E-state index in [2.05, 4.69) is 21.2 Å². The van der Waals surface area contributed by atoms with Gasteiger partial charge < -0.3 is 10.1 Å². The van der Waals surface area contributed by atoms with Crippen LogP contribution in [-0.4, -0.2) is 16.8 Å². The molecule has 0 aliphatic heterocycles. The first-order valence-corrected chi connectivity index (χ1v) is 6.06. The van der Waals surface area contributed by atoms with Crippen molar-refractivity contribution in [2.24, 2.45) is 0 Å². The standard InChI is InChI=1S/C12H15BrFNO2/c1-4-17-10-6-5-8(7-9(10)14)15-11(16)12(2,3)13/h5-7H,4H2,1-3H3,(H,15,16). The normalized spacial score (nSPS) is 11.1. The van der Waals surface area contributed by atoms with E-state index in [1.54, 1.807) is 26.8 Å². The molecule has 0 unspecified atom stereocenters. The first kappa shape index (κ1) is 14.0. The highest BCUT2D eigenvalue weighted by Gasteiger charge is 2.23.